The average Bonchev–Trinajstić information content (AvgIpc) is 2.85. The van der Waals surface area contributed by atoms with Gasteiger partial charge < -0.3 is 9.73 Å². The van der Waals surface area contributed by atoms with Gasteiger partial charge in [-0.1, -0.05) is 6.07 Å². The van der Waals surface area contributed by atoms with Crippen LogP contribution in [-0.4, -0.2) is 5.91 Å². The Labute approximate surface area is 98.5 Å². The van der Waals surface area contributed by atoms with Gasteiger partial charge >= 0.3 is 0 Å². The number of rotatable bonds is 2. The SMILES string of the molecule is Cc1ccc(C#N)cc1NC(=O)c1ccco1. The van der Waals surface area contributed by atoms with Crippen LogP contribution < -0.4 is 5.32 Å². The van der Waals surface area contributed by atoms with Crippen molar-refractivity contribution in [2.24, 2.45) is 0 Å². The van der Waals surface area contributed by atoms with Crippen molar-refractivity contribution in [2.75, 3.05) is 5.32 Å². The maximum absolute atomic E-state index is 11.7. The lowest BCUT2D eigenvalue weighted by molar-refractivity contribution is 0.0996. The van der Waals surface area contributed by atoms with Crippen molar-refractivity contribution in [3.05, 3.63) is 53.5 Å². The van der Waals surface area contributed by atoms with Gasteiger partial charge in [-0.2, -0.15) is 5.26 Å². The number of nitrogens with one attached hydrogen (secondary N) is 1. The molecule has 0 atom stereocenters. The van der Waals surface area contributed by atoms with E-state index >= 15 is 0 Å². The summed E-state index contributed by atoms with van der Waals surface area (Å²) in [7, 11) is 0. The highest BCUT2D eigenvalue weighted by Gasteiger charge is 2.10. The van der Waals surface area contributed by atoms with Gasteiger partial charge in [-0.15, -0.1) is 0 Å². The summed E-state index contributed by atoms with van der Waals surface area (Å²) in [5.74, 6) is -0.0834. The number of aryl methyl sites for hydroxylation is 1. The number of nitrogens with zero attached hydrogens (tertiary/aromatic N) is 1. The molecule has 2 aromatic rings. The molecular weight excluding hydrogens is 216 g/mol. The second-order valence-corrected chi connectivity index (χ2v) is 3.57. The third-order valence-corrected chi connectivity index (χ3v) is 2.36. The molecule has 0 aliphatic carbocycles. The minimum Gasteiger partial charge on any atom is -0.459 e. The fourth-order valence-corrected chi connectivity index (χ4v) is 1.42. The highest BCUT2D eigenvalue weighted by Crippen LogP contribution is 2.17. The summed E-state index contributed by atoms with van der Waals surface area (Å²) in [6.45, 7) is 1.86. The summed E-state index contributed by atoms with van der Waals surface area (Å²) < 4.78 is 4.99. The van der Waals surface area contributed by atoms with Crippen molar-refractivity contribution in [1.29, 1.82) is 5.26 Å². The maximum atomic E-state index is 11.7. The molecule has 84 valence electrons. The molecule has 17 heavy (non-hydrogen) atoms. The molecular formula is C13H10N2O2. The zero-order valence-electron chi connectivity index (χ0n) is 9.23. The van der Waals surface area contributed by atoms with E-state index in [1.54, 1.807) is 30.3 Å². The Kier molecular flexibility index (Phi) is 2.93. The maximum Gasteiger partial charge on any atom is 0.291 e. The number of nitriles is 1. The average molecular weight is 226 g/mol. The fourth-order valence-electron chi connectivity index (χ4n) is 1.42. The van der Waals surface area contributed by atoms with E-state index in [4.69, 9.17) is 9.68 Å². The van der Waals surface area contributed by atoms with E-state index in [1.165, 1.54) is 6.26 Å². The van der Waals surface area contributed by atoms with Crippen LogP contribution in [0.2, 0.25) is 0 Å². The van der Waals surface area contributed by atoms with Crippen LogP contribution in [0.3, 0.4) is 0 Å². The Morgan fingerprint density at radius 2 is 2.24 bits per heavy atom. The molecule has 2 rings (SSSR count). The van der Waals surface area contributed by atoms with Gasteiger partial charge in [0.2, 0.25) is 0 Å². The number of anilines is 1. The Bertz CT molecular complexity index is 580. The first-order valence-corrected chi connectivity index (χ1v) is 5.06. The zero-order chi connectivity index (χ0) is 12.3. The fraction of sp³-hybridized carbons (Fsp3) is 0.0769. The molecule has 1 aromatic heterocycles. The first kappa shape index (κ1) is 11.0. The quantitative estimate of drug-likeness (QED) is 0.856. The van der Waals surface area contributed by atoms with Crippen molar-refractivity contribution in [3.63, 3.8) is 0 Å². The molecule has 0 aliphatic rings. The Morgan fingerprint density at radius 1 is 1.41 bits per heavy atom. The van der Waals surface area contributed by atoms with Gasteiger partial charge in [0.15, 0.2) is 5.76 Å². The van der Waals surface area contributed by atoms with Crippen molar-refractivity contribution >= 4 is 11.6 Å². The minimum atomic E-state index is -0.326. The first-order chi connectivity index (χ1) is 8.20. The third kappa shape index (κ3) is 2.34. The van der Waals surface area contributed by atoms with E-state index in [-0.39, 0.29) is 11.7 Å². The first-order valence-electron chi connectivity index (χ1n) is 5.06. The van der Waals surface area contributed by atoms with Gasteiger partial charge in [0.1, 0.15) is 0 Å². The number of hydrogen-bond donors (Lipinski definition) is 1. The molecule has 1 heterocycles. The van der Waals surface area contributed by atoms with Gasteiger partial charge in [0.25, 0.3) is 5.91 Å². The van der Waals surface area contributed by atoms with Gasteiger partial charge in [-0.05, 0) is 36.8 Å². The summed E-state index contributed by atoms with van der Waals surface area (Å²) in [5.41, 5.74) is 2.01. The largest absolute Gasteiger partial charge is 0.459 e. The highest BCUT2D eigenvalue weighted by atomic mass is 16.3. The van der Waals surface area contributed by atoms with Crippen LogP contribution in [0.1, 0.15) is 21.7 Å². The van der Waals surface area contributed by atoms with Crippen LogP contribution in [0.25, 0.3) is 0 Å². The van der Waals surface area contributed by atoms with E-state index in [0.717, 1.165) is 5.56 Å². The smallest absolute Gasteiger partial charge is 0.291 e. The van der Waals surface area contributed by atoms with Gasteiger partial charge in [0.05, 0.1) is 17.9 Å². The van der Waals surface area contributed by atoms with E-state index in [9.17, 15) is 4.79 Å². The monoisotopic (exact) mass is 226 g/mol. The van der Waals surface area contributed by atoms with E-state index in [1.807, 2.05) is 13.0 Å². The number of hydrogen-bond acceptors (Lipinski definition) is 3. The van der Waals surface area contributed by atoms with Crippen LogP contribution in [0.4, 0.5) is 5.69 Å². The molecule has 0 unspecified atom stereocenters. The molecule has 4 heteroatoms. The number of amides is 1. The third-order valence-electron chi connectivity index (χ3n) is 2.36. The van der Waals surface area contributed by atoms with Crippen LogP contribution in [0.5, 0.6) is 0 Å². The Hall–Kier alpha value is -2.54. The van der Waals surface area contributed by atoms with Crippen molar-refractivity contribution in [2.45, 2.75) is 6.92 Å². The molecule has 4 nitrogen and oxygen atoms in total. The molecule has 1 amide bonds. The van der Waals surface area contributed by atoms with Crippen LogP contribution in [0, 0.1) is 18.3 Å². The molecule has 0 bridgehead atoms. The molecule has 0 aliphatic heterocycles. The van der Waals surface area contributed by atoms with Gasteiger partial charge in [0, 0.05) is 5.69 Å². The lowest BCUT2D eigenvalue weighted by Crippen LogP contribution is -2.11. The lowest BCUT2D eigenvalue weighted by Gasteiger charge is -2.06. The molecule has 1 aromatic carbocycles. The van der Waals surface area contributed by atoms with Crippen LogP contribution in [-0.2, 0) is 0 Å². The second-order valence-electron chi connectivity index (χ2n) is 3.57. The summed E-state index contributed by atoms with van der Waals surface area (Å²) in [6, 6.07) is 10.4. The highest BCUT2D eigenvalue weighted by molar-refractivity contribution is 6.02. The lowest BCUT2D eigenvalue weighted by atomic mass is 10.1. The predicted octanol–water partition coefficient (Wildman–Crippen LogP) is 2.71. The zero-order valence-corrected chi connectivity index (χ0v) is 9.23. The molecule has 1 N–H and O–H groups in total. The van der Waals surface area contributed by atoms with Crippen molar-refractivity contribution in [3.8, 4) is 6.07 Å². The van der Waals surface area contributed by atoms with E-state index in [0.29, 0.717) is 11.3 Å². The topological polar surface area (TPSA) is 66.0 Å². The predicted molar refractivity (Wildman–Crippen MR) is 62.6 cm³/mol. The summed E-state index contributed by atoms with van der Waals surface area (Å²) >= 11 is 0. The molecule has 0 radical (unpaired) electrons. The number of benzene rings is 1. The molecule has 0 saturated carbocycles. The molecule has 0 spiro atoms. The summed E-state index contributed by atoms with van der Waals surface area (Å²) in [5, 5.41) is 11.5. The Morgan fingerprint density at radius 3 is 2.88 bits per heavy atom. The Balaban J connectivity index is 2.25. The number of carbonyl (C=O) groups is 1. The number of carbonyl (C=O) groups excluding carboxylic acids is 1. The van der Waals surface area contributed by atoms with Crippen LogP contribution in [0.15, 0.2) is 41.0 Å². The van der Waals surface area contributed by atoms with E-state index < -0.39 is 0 Å². The van der Waals surface area contributed by atoms with E-state index in [2.05, 4.69) is 5.32 Å². The van der Waals surface area contributed by atoms with Gasteiger partial charge in [-0.25, -0.2) is 0 Å². The molecule has 0 saturated heterocycles. The van der Waals surface area contributed by atoms with Crippen molar-refractivity contribution < 1.29 is 9.21 Å². The normalized spacial score (nSPS) is 9.65. The van der Waals surface area contributed by atoms with Crippen molar-refractivity contribution in [1.82, 2.24) is 0 Å². The van der Waals surface area contributed by atoms with Gasteiger partial charge in [-0.3, -0.25) is 4.79 Å². The van der Waals surface area contributed by atoms with Crippen LogP contribution >= 0.6 is 0 Å². The summed E-state index contributed by atoms with van der Waals surface area (Å²) in [6.07, 6.45) is 1.44. The standard InChI is InChI=1S/C13H10N2O2/c1-9-4-5-10(8-14)7-11(9)15-13(16)12-3-2-6-17-12/h2-7H,1H3,(H,15,16). The minimum absolute atomic E-state index is 0.242. The number of furan rings is 1. The summed E-state index contributed by atoms with van der Waals surface area (Å²) in [4.78, 5) is 11.7. The second kappa shape index (κ2) is 4.54. The molecule has 0 fully saturated rings.